The van der Waals surface area contributed by atoms with Crippen molar-refractivity contribution in [2.24, 2.45) is 11.8 Å². The van der Waals surface area contributed by atoms with Gasteiger partial charge in [0.2, 0.25) is 0 Å². The van der Waals surface area contributed by atoms with Crippen LogP contribution in [0.1, 0.15) is 40.0 Å². The molecule has 0 N–H and O–H groups in total. The molecule has 12 heavy (non-hydrogen) atoms. The molecule has 0 saturated heterocycles. The molecule has 0 heterocycles. The lowest BCUT2D eigenvalue weighted by atomic mass is 9.93. The van der Waals surface area contributed by atoms with Crippen LogP contribution >= 0.6 is 0 Å². The van der Waals surface area contributed by atoms with Gasteiger partial charge in [0.05, 0.1) is 0 Å². The van der Waals surface area contributed by atoms with Gasteiger partial charge in [0.1, 0.15) is 11.5 Å². The SMILES string of the molecule is CC1CC(CC(C)(C)F)CC1=O. The summed E-state index contributed by atoms with van der Waals surface area (Å²) < 4.78 is 13.2. The molecule has 2 unspecified atom stereocenters. The first-order valence-electron chi connectivity index (χ1n) is 4.60. The molecule has 0 aromatic rings. The van der Waals surface area contributed by atoms with Gasteiger partial charge in [0.15, 0.2) is 0 Å². The number of carbonyl (C=O) groups excluding carboxylic acids is 1. The lowest BCUT2D eigenvalue weighted by molar-refractivity contribution is -0.120. The first kappa shape index (κ1) is 9.69. The Hall–Kier alpha value is -0.400. The normalized spacial score (nSPS) is 31.2. The monoisotopic (exact) mass is 172 g/mol. The third-order valence-electron chi connectivity index (χ3n) is 2.50. The number of ketones is 1. The third-order valence-corrected chi connectivity index (χ3v) is 2.50. The van der Waals surface area contributed by atoms with E-state index >= 15 is 0 Å². The van der Waals surface area contributed by atoms with Gasteiger partial charge in [-0.2, -0.15) is 0 Å². The molecule has 1 fully saturated rings. The molecule has 1 rings (SSSR count). The molecule has 0 spiro atoms. The van der Waals surface area contributed by atoms with Crippen LogP contribution in [0.4, 0.5) is 4.39 Å². The minimum absolute atomic E-state index is 0.164. The highest BCUT2D eigenvalue weighted by atomic mass is 19.1. The van der Waals surface area contributed by atoms with Crippen molar-refractivity contribution in [1.82, 2.24) is 0 Å². The third kappa shape index (κ3) is 2.58. The largest absolute Gasteiger partial charge is 0.299 e. The average molecular weight is 172 g/mol. The fourth-order valence-electron chi connectivity index (χ4n) is 2.04. The van der Waals surface area contributed by atoms with E-state index in [1.807, 2.05) is 6.92 Å². The number of hydrogen-bond acceptors (Lipinski definition) is 1. The van der Waals surface area contributed by atoms with Gasteiger partial charge in [-0.05, 0) is 32.6 Å². The molecule has 2 heteroatoms. The fourth-order valence-corrected chi connectivity index (χ4v) is 2.04. The Labute approximate surface area is 73.3 Å². The zero-order valence-electron chi connectivity index (χ0n) is 8.06. The van der Waals surface area contributed by atoms with Gasteiger partial charge in [-0.15, -0.1) is 0 Å². The summed E-state index contributed by atoms with van der Waals surface area (Å²) in [7, 11) is 0. The molecule has 1 aliphatic carbocycles. The summed E-state index contributed by atoms with van der Waals surface area (Å²) in [6, 6.07) is 0. The molecular weight excluding hydrogens is 155 g/mol. The highest BCUT2D eigenvalue weighted by Crippen LogP contribution is 2.34. The van der Waals surface area contributed by atoms with Gasteiger partial charge in [0, 0.05) is 12.3 Å². The summed E-state index contributed by atoms with van der Waals surface area (Å²) in [5.74, 6) is 0.758. The first-order chi connectivity index (χ1) is 5.38. The number of carbonyl (C=O) groups is 1. The zero-order chi connectivity index (χ0) is 9.35. The van der Waals surface area contributed by atoms with Crippen molar-refractivity contribution in [1.29, 1.82) is 0 Å². The van der Waals surface area contributed by atoms with E-state index in [4.69, 9.17) is 0 Å². The van der Waals surface area contributed by atoms with Crippen molar-refractivity contribution >= 4 is 5.78 Å². The minimum Gasteiger partial charge on any atom is -0.299 e. The van der Waals surface area contributed by atoms with Gasteiger partial charge in [0.25, 0.3) is 0 Å². The van der Waals surface area contributed by atoms with Crippen LogP contribution in [0.3, 0.4) is 0 Å². The van der Waals surface area contributed by atoms with E-state index in [9.17, 15) is 9.18 Å². The molecule has 0 aromatic carbocycles. The van der Waals surface area contributed by atoms with E-state index < -0.39 is 5.67 Å². The van der Waals surface area contributed by atoms with Crippen molar-refractivity contribution in [3.8, 4) is 0 Å². The van der Waals surface area contributed by atoms with Gasteiger partial charge >= 0.3 is 0 Å². The second kappa shape index (κ2) is 3.15. The van der Waals surface area contributed by atoms with E-state index in [-0.39, 0.29) is 11.8 Å². The minimum atomic E-state index is -1.12. The predicted molar refractivity (Wildman–Crippen MR) is 46.7 cm³/mol. The van der Waals surface area contributed by atoms with Crippen molar-refractivity contribution in [2.75, 3.05) is 0 Å². The molecule has 2 atom stereocenters. The number of rotatable bonds is 2. The summed E-state index contributed by atoms with van der Waals surface area (Å²) in [6.07, 6.45) is 2.00. The summed E-state index contributed by atoms with van der Waals surface area (Å²) in [5.41, 5.74) is -1.12. The van der Waals surface area contributed by atoms with E-state index in [0.717, 1.165) is 6.42 Å². The molecule has 0 aromatic heterocycles. The Morgan fingerprint density at radius 2 is 2.17 bits per heavy atom. The number of hydrogen-bond donors (Lipinski definition) is 0. The Kier molecular flexibility index (Phi) is 2.55. The molecule has 1 saturated carbocycles. The highest BCUT2D eigenvalue weighted by Gasteiger charge is 2.32. The van der Waals surface area contributed by atoms with E-state index in [2.05, 4.69) is 0 Å². The van der Waals surface area contributed by atoms with Crippen molar-refractivity contribution < 1.29 is 9.18 Å². The quantitative estimate of drug-likeness (QED) is 0.626. The van der Waals surface area contributed by atoms with Crippen LogP contribution in [0.25, 0.3) is 0 Å². The van der Waals surface area contributed by atoms with Gasteiger partial charge in [-0.1, -0.05) is 6.92 Å². The second-order valence-corrected chi connectivity index (χ2v) is 4.60. The zero-order valence-corrected chi connectivity index (χ0v) is 8.06. The Balaban J connectivity index is 2.43. The number of alkyl halides is 1. The first-order valence-corrected chi connectivity index (χ1v) is 4.60. The second-order valence-electron chi connectivity index (χ2n) is 4.60. The summed E-state index contributed by atoms with van der Waals surface area (Å²) in [5, 5.41) is 0. The molecule has 1 aliphatic rings. The summed E-state index contributed by atoms with van der Waals surface area (Å²) in [6.45, 7) is 5.11. The lowest BCUT2D eigenvalue weighted by Crippen LogP contribution is -2.16. The van der Waals surface area contributed by atoms with Crippen molar-refractivity contribution in [3.05, 3.63) is 0 Å². The Bertz CT molecular complexity index is 181. The van der Waals surface area contributed by atoms with Crippen LogP contribution in [0.5, 0.6) is 0 Å². The maximum atomic E-state index is 13.2. The van der Waals surface area contributed by atoms with Crippen molar-refractivity contribution in [3.63, 3.8) is 0 Å². The van der Waals surface area contributed by atoms with Gasteiger partial charge in [-0.25, -0.2) is 4.39 Å². The topological polar surface area (TPSA) is 17.1 Å². The average Bonchev–Trinajstić information content (AvgIpc) is 2.07. The van der Waals surface area contributed by atoms with Crippen LogP contribution in [0, 0.1) is 11.8 Å². The van der Waals surface area contributed by atoms with Gasteiger partial charge < -0.3 is 0 Å². The number of Topliss-reactive ketones (excluding diaryl/α,β-unsaturated/α-hetero) is 1. The van der Waals surface area contributed by atoms with Crippen LogP contribution in [-0.2, 0) is 4.79 Å². The molecule has 0 aliphatic heterocycles. The smallest absolute Gasteiger partial charge is 0.135 e. The molecule has 0 radical (unpaired) electrons. The standard InChI is InChI=1S/C10H17FO/c1-7-4-8(5-9(7)12)6-10(2,3)11/h7-8H,4-6H2,1-3H3. The molecule has 0 amide bonds. The summed E-state index contributed by atoms with van der Waals surface area (Å²) >= 11 is 0. The van der Waals surface area contributed by atoms with Crippen LogP contribution in [0.2, 0.25) is 0 Å². The number of halogens is 1. The van der Waals surface area contributed by atoms with Crippen molar-refractivity contribution in [2.45, 2.75) is 45.7 Å². The van der Waals surface area contributed by atoms with Crippen LogP contribution in [-0.4, -0.2) is 11.5 Å². The van der Waals surface area contributed by atoms with E-state index in [1.54, 1.807) is 13.8 Å². The Morgan fingerprint density at radius 1 is 1.58 bits per heavy atom. The molecule has 1 nitrogen and oxygen atoms in total. The predicted octanol–water partition coefficient (Wildman–Crippen LogP) is 2.74. The maximum Gasteiger partial charge on any atom is 0.135 e. The lowest BCUT2D eigenvalue weighted by Gasteiger charge is -2.18. The fraction of sp³-hybridized carbons (Fsp3) is 0.900. The highest BCUT2D eigenvalue weighted by molar-refractivity contribution is 5.82. The molecule has 0 bridgehead atoms. The van der Waals surface area contributed by atoms with Crippen LogP contribution < -0.4 is 0 Å². The van der Waals surface area contributed by atoms with Gasteiger partial charge in [-0.3, -0.25) is 4.79 Å². The van der Waals surface area contributed by atoms with E-state index in [1.165, 1.54) is 0 Å². The Morgan fingerprint density at radius 3 is 2.50 bits per heavy atom. The van der Waals surface area contributed by atoms with Crippen LogP contribution in [0.15, 0.2) is 0 Å². The van der Waals surface area contributed by atoms with E-state index in [0.29, 0.717) is 18.6 Å². The molecule has 70 valence electrons. The molecular formula is C10H17FO. The maximum absolute atomic E-state index is 13.2. The summed E-state index contributed by atoms with van der Waals surface area (Å²) in [4.78, 5) is 11.1.